The van der Waals surface area contributed by atoms with Crippen LogP contribution < -0.4 is 0 Å². The number of hydrogen-bond donors (Lipinski definition) is 0. The van der Waals surface area contributed by atoms with Crippen molar-refractivity contribution in [3.8, 4) is 0 Å². The maximum Gasteiger partial charge on any atom is 0.0953 e. The molecule has 0 aromatic carbocycles. The summed E-state index contributed by atoms with van der Waals surface area (Å²) in [5, 5.41) is 0. The topological polar surface area (TPSA) is 30.7 Å². The van der Waals surface area contributed by atoms with E-state index in [1.807, 2.05) is 23.2 Å². The molecule has 0 saturated carbocycles. The fraction of sp³-hybridized carbons (Fsp3) is 0.333. The van der Waals surface area contributed by atoms with E-state index >= 15 is 0 Å². The average Bonchev–Trinajstić information content (AvgIpc) is 2.77. The van der Waals surface area contributed by atoms with Crippen LogP contribution in [0.3, 0.4) is 0 Å². The Kier molecular flexibility index (Phi) is 2.84. The largest absolute Gasteiger partial charge is 0.332 e. The molecule has 0 N–H and O–H groups in total. The summed E-state index contributed by atoms with van der Waals surface area (Å²) in [4.78, 5) is 9.63. The Morgan fingerprint density at radius 3 is 2.93 bits per heavy atom. The molecule has 0 saturated heterocycles. The zero-order valence-corrected chi connectivity index (χ0v) is 9.35. The van der Waals surface area contributed by atoms with E-state index in [9.17, 15) is 0 Å². The summed E-state index contributed by atoms with van der Waals surface area (Å²) in [5.74, 6) is 0.467. The minimum absolute atomic E-state index is 0.467. The number of alkyl halides is 1. The highest BCUT2D eigenvalue weighted by molar-refractivity contribution is 7.09. The molecule has 0 fully saturated rings. The second-order valence-electron chi connectivity index (χ2n) is 3.03. The molecular formula is C9H10ClN3S. The van der Waals surface area contributed by atoms with Gasteiger partial charge in [-0.3, -0.25) is 0 Å². The van der Waals surface area contributed by atoms with Gasteiger partial charge in [-0.25, -0.2) is 9.97 Å². The minimum Gasteiger partial charge on any atom is -0.332 e. The second-order valence-corrected chi connectivity index (χ2v) is 4.24. The molecule has 0 spiro atoms. The average molecular weight is 228 g/mol. The van der Waals surface area contributed by atoms with E-state index in [1.165, 1.54) is 4.88 Å². The highest BCUT2D eigenvalue weighted by atomic mass is 35.5. The summed E-state index contributed by atoms with van der Waals surface area (Å²) in [6.45, 7) is 2.85. The van der Waals surface area contributed by atoms with Gasteiger partial charge in [-0.15, -0.1) is 22.9 Å². The first-order valence-electron chi connectivity index (χ1n) is 4.25. The molecule has 2 aromatic heterocycles. The van der Waals surface area contributed by atoms with Crippen molar-refractivity contribution in [2.24, 2.45) is 0 Å². The normalized spacial score (nSPS) is 10.7. The van der Waals surface area contributed by atoms with Gasteiger partial charge >= 0.3 is 0 Å². The molecule has 5 heteroatoms. The highest BCUT2D eigenvalue weighted by Crippen LogP contribution is 2.14. The second kappa shape index (κ2) is 4.11. The Hall–Kier alpha value is -0.870. The fourth-order valence-electron chi connectivity index (χ4n) is 1.21. The van der Waals surface area contributed by atoms with E-state index < -0.39 is 0 Å². The van der Waals surface area contributed by atoms with Crippen molar-refractivity contribution in [2.75, 3.05) is 0 Å². The minimum atomic E-state index is 0.467. The Morgan fingerprint density at radius 1 is 1.50 bits per heavy atom. The van der Waals surface area contributed by atoms with Gasteiger partial charge in [0, 0.05) is 11.1 Å². The lowest BCUT2D eigenvalue weighted by atomic mass is 10.4. The highest BCUT2D eigenvalue weighted by Gasteiger charge is 2.03. The molecule has 0 bridgehead atoms. The lowest BCUT2D eigenvalue weighted by Gasteiger charge is -1.98. The quantitative estimate of drug-likeness (QED) is 0.755. The molecule has 2 aromatic rings. The number of halogens is 1. The summed E-state index contributed by atoms with van der Waals surface area (Å²) < 4.78 is 2.03. The lowest BCUT2D eigenvalue weighted by molar-refractivity contribution is 0.801. The van der Waals surface area contributed by atoms with Gasteiger partial charge in [0.25, 0.3) is 0 Å². The van der Waals surface area contributed by atoms with Crippen LogP contribution in [0.4, 0.5) is 0 Å². The van der Waals surface area contributed by atoms with Gasteiger partial charge in [0.05, 0.1) is 35.7 Å². The number of aromatic nitrogens is 3. The van der Waals surface area contributed by atoms with Crippen molar-refractivity contribution < 1.29 is 0 Å². The molecular weight excluding hydrogens is 218 g/mol. The number of thiazole rings is 1. The molecule has 0 atom stereocenters. The van der Waals surface area contributed by atoms with E-state index in [0.29, 0.717) is 5.88 Å². The van der Waals surface area contributed by atoms with Crippen LogP contribution in [-0.4, -0.2) is 14.5 Å². The van der Waals surface area contributed by atoms with Gasteiger partial charge in [-0.1, -0.05) is 0 Å². The zero-order valence-electron chi connectivity index (χ0n) is 7.77. The molecule has 0 aliphatic heterocycles. The molecule has 0 amide bonds. The first-order valence-corrected chi connectivity index (χ1v) is 5.66. The van der Waals surface area contributed by atoms with Crippen LogP contribution in [0.5, 0.6) is 0 Å². The van der Waals surface area contributed by atoms with Gasteiger partial charge in [0.15, 0.2) is 0 Å². The summed E-state index contributed by atoms with van der Waals surface area (Å²) in [6, 6.07) is 0. The Balaban J connectivity index is 2.15. The third-order valence-corrected chi connectivity index (χ3v) is 3.19. The summed E-state index contributed by atoms with van der Waals surface area (Å²) in [6.07, 6.45) is 3.77. The summed E-state index contributed by atoms with van der Waals surface area (Å²) in [5.41, 5.74) is 3.87. The molecule has 0 radical (unpaired) electrons. The number of imidazole rings is 1. The molecule has 2 heterocycles. The third kappa shape index (κ3) is 1.96. The van der Waals surface area contributed by atoms with Crippen molar-refractivity contribution in [1.29, 1.82) is 0 Å². The molecule has 0 aliphatic rings. The monoisotopic (exact) mass is 227 g/mol. The molecule has 74 valence electrons. The van der Waals surface area contributed by atoms with Gasteiger partial charge < -0.3 is 4.57 Å². The van der Waals surface area contributed by atoms with Crippen LogP contribution in [0, 0.1) is 6.92 Å². The molecule has 0 unspecified atom stereocenters. The van der Waals surface area contributed by atoms with Crippen LogP contribution in [0.2, 0.25) is 0 Å². The predicted octanol–water partition coefficient (Wildman–Crippen LogP) is 2.44. The van der Waals surface area contributed by atoms with Crippen LogP contribution in [0.15, 0.2) is 18.0 Å². The standard InChI is InChI=1S/C9H10ClN3S/c1-7-9(14-6-12-7)4-13-3-8(2-10)11-5-13/h3,5-6H,2,4H2,1H3. The van der Waals surface area contributed by atoms with Crippen molar-refractivity contribution in [3.63, 3.8) is 0 Å². The maximum atomic E-state index is 5.67. The zero-order chi connectivity index (χ0) is 9.97. The number of nitrogens with zero attached hydrogens (tertiary/aromatic N) is 3. The Bertz CT molecular complexity index is 421. The first kappa shape index (κ1) is 9.68. The predicted molar refractivity (Wildman–Crippen MR) is 57.7 cm³/mol. The summed E-state index contributed by atoms with van der Waals surface area (Å²) in [7, 11) is 0. The molecule has 2 rings (SSSR count). The smallest absolute Gasteiger partial charge is 0.0953 e. The van der Waals surface area contributed by atoms with E-state index in [2.05, 4.69) is 9.97 Å². The van der Waals surface area contributed by atoms with Crippen LogP contribution in [0.1, 0.15) is 16.3 Å². The van der Waals surface area contributed by atoms with Crippen molar-refractivity contribution in [3.05, 3.63) is 34.3 Å². The summed E-state index contributed by atoms with van der Waals surface area (Å²) >= 11 is 7.34. The van der Waals surface area contributed by atoms with Gasteiger partial charge in [-0.2, -0.15) is 0 Å². The molecule has 3 nitrogen and oxygen atoms in total. The van der Waals surface area contributed by atoms with Crippen LogP contribution in [-0.2, 0) is 12.4 Å². The first-order chi connectivity index (χ1) is 6.79. The molecule has 14 heavy (non-hydrogen) atoms. The van der Waals surface area contributed by atoms with Gasteiger partial charge in [-0.05, 0) is 6.92 Å². The van der Waals surface area contributed by atoms with Gasteiger partial charge in [0.1, 0.15) is 0 Å². The lowest BCUT2D eigenvalue weighted by Crippen LogP contribution is -1.95. The van der Waals surface area contributed by atoms with Crippen molar-refractivity contribution in [1.82, 2.24) is 14.5 Å². The number of aryl methyl sites for hydroxylation is 1. The Morgan fingerprint density at radius 2 is 2.36 bits per heavy atom. The van der Waals surface area contributed by atoms with E-state index in [1.54, 1.807) is 17.7 Å². The van der Waals surface area contributed by atoms with Crippen molar-refractivity contribution >= 4 is 22.9 Å². The fourth-order valence-corrected chi connectivity index (χ4v) is 2.13. The molecule has 0 aliphatic carbocycles. The number of hydrogen-bond acceptors (Lipinski definition) is 3. The Labute approximate surface area is 91.4 Å². The van der Waals surface area contributed by atoms with Gasteiger partial charge in [0.2, 0.25) is 0 Å². The van der Waals surface area contributed by atoms with Crippen molar-refractivity contribution in [2.45, 2.75) is 19.3 Å². The van der Waals surface area contributed by atoms with Crippen LogP contribution in [0.25, 0.3) is 0 Å². The van der Waals surface area contributed by atoms with Crippen LogP contribution >= 0.6 is 22.9 Å². The maximum absolute atomic E-state index is 5.67. The van der Waals surface area contributed by atoms with E-state index in [0.717, 1.165) is 17.9 Å². The third-order valence-electron chi connectivity index (χ3n) is 1.99. The SMILES string of the molecule is Cc1ncsc1Cn1cnc(CCl)c1. The number of rotatable bonds is 3. The van der Waals surface area contributed by atoms with E-state index in [4.69, 9.17) is 11.6 Å². The van der Waals surface area contributed by atoms with E-state index in [-0.39, 0.29) is 0 Å².